The number of carbonyl (C=O) groups is 1. The Kier molecular flexibility index (Phi) is 5.67. The molecule has 1 aliphatic heterocycles. The monoisotopic (exact) mass is 414 g/mol. The van der Waals surface area contributed by atoms with Crippen molar-refractivity contribution in [3.8, 4) is 11.5 Å². The lowest BCUT2D eigenvalue weighted by atomic mass is 10.0. The summed E-state index contributed by atoms with van der Waals surface area (Å²) in [5.74, 6) is 1.28. The molecule has 0 fully saturated rings. The average Bonchev–Trinajstić information content (AvgIpc) is 3.11. The summed E-state index contributed by atoms with van der Waals surface area (Å²) in [6, 6.07) is 21.3. The summed E-state index contributed by atoms with van der Waals surface area (Å²) >= 11 is 0. The van der Waals surface area contributed by atoms with Crippen LogP contribution >= 0.6 is 0 Å². The molecule has 158 valence electrons. The number of rotatable bonds is 6. The molecule has 0 bridgehead atoms. The zero-order valence-corrected chi connectivity index (χ0v) is 18.2. The highest BCUT2D eigenvalue weighted by Gasteiger charge is 2.36. The molecule has 3 aromatic carbocycles. The second kappa shape index (κ2) is 8.56. The molecule has 0 spiro atoms. The van der Waals surface area contributed by atoms with E-state index < -0.39 is 0 Å². The summed E-state index contributed by atoms with van der Waals surface area (Å²) in [6.07, 6.45) is 1.95. The summed E-state index contributed by atoms with van der Waals surface area (Å²) in [5, 5.41) is 3.29. The van der Waals surface area contributed by atoms with Crippen LogP contribution < -0.4 is 19.7 Å². The number of nitrogens with zero attached hydrogens (tertiary/aromatic N) is 1. The number of hydrogen-bond acceptors (Lipinski definition) is 4. The van der Waals surface area contributed by atoms with Crippen molar-refractivity contribution < 1.29 is 14.3 Å². The Morgan fingerprint density at radius 3 is 2.10 bits per heavy atom. The zero-order chi connectivity index (χ0) is 22.0. The molecule has 1 heterocycles. The molecule has 0 aromatic heterocycles. The van der Waals surface area contributed by atoms with Crippen LogP contribution in [0.25, 0.3) is 0 Å². The van der Waals surface area contributed by atoms with Gasteiger partial charge in [-0.05, 0) is 56.3 Å². The van der Waals surface area contributed by atoms with E-state index >= 15 is 0 Å². The maximum absolute atomic E-state index is 13.5. The minimum absolute atomic E-state index is 0.0905. The lowest BCUT2D eigenvalue weighted by molar-refractivity contribution is -0.114. The van der Waals surface area contributed by atoms with Gasteiger partial charge in [0.05, 0.1) is 20.3 Å². The van der Waals surface area contributed by atoms with Crippen LogP contribution in [0.1, 0.15) is 22.7 Å². The van der Waals surface area contributed by atoms with Gasteiger partial charge < -0.3 is 14.8 Å². The molecule has 3 aromatic rings. The average molecular weight is 415 g/mol. The number of ether oxygens (including phenoxy) is 2. The smallest absolute Gasteiger partial charge is 0.275 e. The fraction of sp³-hybridized carbons (Fsp3) is 0.192. The Morgan fingerprint density at radius 2 is 1.48 bits per heavy atom. The Labute approximate surface area is 182 Å². The summed E-state index contributed by atoms with van der Waals surface area (Å²) in [4.78, 5) is 15.3. The Morgan fingerprint density at radius 1 is 0.839 bits per heavy atom. The van der Waals surface area contributed by atoms with Gasteiger partial charge in [0.1, 0.15) is 17.2 Å². The van der Waals surface area contributed by atoms with Gasteiger partial charge >= 0.3 is 0 Å². The molecule has 4 rings (SSSR count). The molecular weight excluding hydrogens is 388 g/mol. The number of benzene rings is 3. The van der Waals surface area contributed by atoms with Crippen LogP contribution in [-0.2, 0) is 4.79 Å². The van der Waals surface area contributed by atoms with E-state index in [0.717, 1.165) is 22.5 Å². The third-order valence-electron chi connectivity index (χ3n) is 5.45. The first-order valence-electron chi connectivity index (χ1n) is 10.2. The van der Waals surface area contributed by atoms with Crippen LogP contribution in [0.2, 0.25) is 0 Å². The van der Waals surface area contributed by atoms with Crippen LogP contribution in [0.4, 0.5) is 11.4 Å². The molecule has 1 aliphatic rings. The standard InChI is InChI=1S/C26H26N2O3/c1-17-5-9-19(10-6-17)27-23-16-24(22-14-13-21(30-3)15-25(22)31-4)28(26(23)29)20-11-7-18(2)8-12-20/h5-16,24,27H,1-4H3/t24-/m1/s1. The van der Waals surface area contributed by atoms with Gasteiger partial charge in [0.25, 0.3) is 5.91 Å². The molecule has 0 saturated carbocycles. The summed E-state index contributed by atoms with van der Waals surface area (Å²) < 4.78 is 11.0. The van der Waals surface area contributed by atoms with Crippen molar-refractivity contribution in [1.29, 1.82) is 0 Å². The van der Waals surface area contributed by atoms with Crippen LogP contribution in [0.3, 0.4) is 0 Å². The van der Waals surface area contributed by atoms with Crippen molar-refractivity contribution in [2.24, 2.45) is 0 Å². The zero-order valence-electron chi connectivity index (χ0n) is 18.2. The Bertz CT molecular complexity index is 1120. The first kappa shape index (κ1) is 20.5. The number of hydrogen-bond donors (Lipinski definition) is 1. The van der Waals surface area contributed by atoms with Crippen molar-refractivity contribution in [3.05, 3.63) is 95.2 Å². The van der Waals surface area contributed by atoms with Gasteiger partial charge in [-0.15, -0.1) is 0 Å². The van der Waals surface area contributed by atoms with Crippen molar-refractivity contribution in [1.82, 2.24) is 0 Å². The number of anilines is 2. The quantitative estimate of drug-likeness (QED) is 0.586. The molecule has 0 saturated heterocycles. The summed E-state index contributed by atoms with van der Waals surface area (Å²) in [6.45, 7) is 4.07. The van der Waals surface area contributed by atoms with Crippen molar-refractivity contribution in [2.45, 2.75) is 19.9 Å². The van der Waals surface area contributed by atoms with E-state index in [1.165, 1.54) is 5.56 Å². The van der Waals surface area contributed by atoms with E-state index in [0.29, 0.717) is 17.2 Å². The maximum atomic E-state index is 13.5. The van der Waals surface area contributed by atoms with Gasteiger partial charge in [-0.3, -0.25) is 9.69 Å². The minimum Gasteiger partial charge on any atom is -0.497 e. The highest BCUT2D eigenvalue weighted by Crippen LogP contribution is 2.40. The second-order valence-corrected chi connectivity index (χ2v) is 7.63. The number of nitrogens with one attached hydrogen (secondary N) is 1. The third kappa shape index (κ3) is 4.12. The topological polar surface area (TPSA) is 50.8 Å². The normalized spacial score (nSPS) is 15.6. The first-order valence-corrected chi connectivity index (χ1v) is 10.2. The van der Waals surface area contributed by atoms with E-state index in [2.05, 4.69) is 5.32 Å². The molecule has 0 radical (unpaired) electrons. The summed E-state index contributed by atoms with van der Waals surface area (Å²) in [5.41, 5.74) is 5.43. The van der Waals surface area contributed by atoms with Crippen molar-refractivity contribution in [2.75, 3.05) is 24.4 Å². The van der Waals surface area contributed by atoms with Gasteiger partial charge in [0.15, 0.2) is 0 Å². The minimum atomic E-state index is -0.316. The number of methoxy groups -OCH3 is 2. The Balaban J connectivity index is 1.77. The predicted molar refractivity (Wildman–Crippen MR) is 124 cm³/mol. The number of carbonyl (C=O) groups excluding carboxylic acids is 1. The number of amides is 1. The fourth-order valence-corrected chi connectivity index (χ4v) is 3.72. The van der Waals surface area contributed by atoms with E-state index in [-0.39, 0.29) is 11.9 Å². The lowest BCUT2D eigenvalue weighted by Gasteiger charge is -2.26. The molecule has 5 heteroatoms. The first-order chi connectivity index (χ1) is 15.0. The largest absolute Gasteiger partial charge is 0.497 e. The molecule has 5 nitrogen and oxygen atoms in total. The van der Waals surface area contributed by atoms with Crippen LogP contribution in [0.5, 0.6) is 11.5 Å². The van der Waals surface area contributed by atoms with Gasteiger partial charge in [0, 0.05) is 23.0 Å². The highest BCUT2D eigenvalue weighted by atomic mass is 16.5. The lowest BCUT2D eigenvalue weighted by Crippen LogP contribution is -2.31. The summed E-state index contributed by atoms with van der Waals surface area (Å²) in [7, 11) is 3.25. The second-order valence-electron chi connectivity index (χ2n) is 7.63. The van der Waals surface area contributed by atoms with E-state index in [4.69, 9.17) is 9.47 Å². The van der Waals surface area contributed by atoms with Crippen LogP contribution in [0, 0.1) is 13.8 Å². The van der Waals surface area contributed by atoms with E-state index in [9.17, 15) is 4.79 Å². The van der Waals surface area contributed by atoms with Gasteiger partial charge in [-0.1, -0.05) is 35.4 Å². The molecule has 1 amide bonds. The van der Waals surface area contributed by atoms with E-state index in [1.807, 2.05) is 86.7 Å². The molecule has 0 unspecified atom stereocenters. The fourth-order valence-electron chi connectivity index (χ4n) is 3.72. The molecule has 1 atom stereocenters. The Hall–Kier alpha value is -3.73. The molecule has 0 aliphatic carbocycles. The number of aryl methyl sites for hydroxylation is 2. The van der Waals surface area contributed by atoms with Crippen LogP contribution in [-0.4, -0.2) is 20.1 Å². The molecular formula is C26H26N2O3. The highest BCUT2D eigenvalue weighted by molar-refractivity contribution is 6.11. The molecule has 31 heavy (non-hydrogen) atoms. The third-order valence-corrected chi connectivity index (χ3v) is 5.45. The van der Waals surface area contributed by atoms with Crippen molar-refractivity contribution in [3.63, 3.8) is 0 Å². The van der Waals surface area contributed by atoms with Crippen LogP contribution in [0.15, 0.2) is 78.5 Å². The SMILES string of the molecule is COc1ccc([C@H]2C=C(Nc3ccc(C)cc3)C(=O)N2c2ccc(C)cc2)c(OC)c1. The van der Waals surface area contributed by atoms with Gasteiger partial charge in [0.2, 0.25) is 0 Å². The maximum Gasteiger partial charge on any atom is 0.275 e. The van der Waals surface area contributed by atoms with Gasteiger partial charge in [-0.2, -0.15) is 0 Å². The molecule has 1 N–H and O–H groups in total. The predicted octanol–water partition coefficient (Wildman–Crippen LogP) is 5.40. The van der Waals surface area contributed by atoms with Gasteiger partial charge in [-0.25, -0.2) is 0 Å². The van der Waals surface area contributed by atoms with E-state index in [1.54, 1.807) is 19.1 Å². The van der Waals surface area contributed by atoms with Crippen molar-refractivity contribution >= 4 is 17.3 Å².